The van der Waals surface area contributed by atoms with E-state index in [-0.39, 0.29) is 24.1 Å². The fraction of sp³-hybridized carbons (Fsp3) is 0.500. The molecule has 20 heavy (non-hydrogen) atoms. The predicted octanol–water partition coefficient (Wildman–Crippen LogP) is 1.71. The van der Waals surface area contributed by atoms with E-state index in [1.165, 1.54) is 19.0 Å². The number of pyridine rings is 1. The first-order chi connectivity index (χ1) is 9.27. The number of anilines is 2. The van der Waals surface area contributed by atoms with Crippen LogP contribution in [0.5, 0.6) is 0 Å². The second kappa shape index (κ2) is 6.44. The van der Waals surface area contributed by atoms with Gasteiger partial charge in [-0.15, -0.1) is 0 Å². The van der Waals surface area contributed by atoms with Crippen LogP contribution in [0.25, 0.3) is 0 Å². The van der Waals surface area contributed by atoms with Crippen molar-refractivity contribution in [3.8, 4) is 0 Å². The van der Waals surface area contributed by atoms with Crippen LogP contribution >= 0.6 is 0 Å². The number of alkyl halides is 3. The molecule has 0 atom stereocenters. The molecule has 0 unspecified atom stereocenters. The summed E-state index contributed by atoms with van der Waals surface area (Å²) in [6, 6.07) is 1.87. The maximum Gasteiger partial charge on any atom is 0.416 e. The summed E-state index contributed by atoms with van der Waals surface area (Å²) in [5.74, 6) is -0.0998. The third kappa shape index (κ3) is 4.29. The van der Waals surface area contributed by atoms with Gasteiger partial charge in [0.15, 0.2) is 0 Å². The van der Waals surface area contributed by atoms with Crippen LogP contribution in [0.2, 0.25) is 0 Å². The zero-order valence-electron chi connectivity index (χ0n) is 11.5. The fourth-order valence-electron chi connectivity index (χ4n) is 1.52. The Hall–Kier alpha value is -1.99. The number of rotatable bonds is 5. The van der Waals surface area contributed by atoms with Gasteiger partial charge in [0.05, 0.1) is 12.1 Å². The number of amides is 1. The second-order valence-corrected chi connectivity index (χ2v) is 4.16. The molecule has 0 aliphatic rings. The second-order valence-electron chi connectivity index (χ2n) is 4.16. The number of halogens is 3. The third-order valence-corrected chi connectivity index (χ3v) is 2.55. The SMILES string of the molecule is CCNc1cc(C(F)(F)F)cc(N(C)CC(=O)NC)n1. The molecule has 8 heteroatoms. The van der Waals surface area contributed by atoms with Crippen LogP contribution in [0.3, 0.4) is 0 Å². The molecular weight excluding hydrogens is 273 g/mol. The predicted molar refractivity (Wildman–Crippen MR) is 70.7 cm³/mol. The maximum atomic E-state index is 12.8. The highest BCUT2D eigenvalue weighted by molar-refractivity contribution is 5.80. The fourth-order valence-corrected chi connectivity index (χ4v) is 1.52. The number of carbonyl (C=O) groups is 1. The van der Waals surface area contributed by atoms with E-state index in [0.29, 0.717) is 6.54 Å². The summed E-state index contributed by atoms with van der Waals surface area (Å²) in [7, 11) is 2.97. The molecule has 0 aromatic carbocycles. The Kier molecular flexibility index (Phi) is 5.18. The molecular formula is C12H17F3N4O. The van der Waals surface area contributed by atoms with Crippen molar-refractivity contribution >= 4 is 17.5 Å². The van der Waals surface area contributed by atoms with Crippen LogP contribution < -0.4 is 15.5 Å². The van der Waals surface area contributed by atoms with Crippen molar-refractivity contribution in [2.75, 3.05) is 37.4 Å². The zero-order chi connectivity index (χ0) is 15.3. The first-order valence-electron chi connectivity index (χ1n) is 6.02. The van der Waals surface area contributed by atoms with E-state index in [2.05, 4.69) is 15.6 Å². The average molecular weight is 290 g/mol. The maximum absolute atomic E-state index is 12.8. The summed E-state index contributed by atoms with van der Waals surface area (Å²) in [6.45, 7) is 2.14. The van der Waals surface area contributed by atoms with E-state index < -0.39 is 11.7 Å². The number of hydrogen-bond acceptors (Lipinski definition) is 4. The molecule has 0 aliphatic heterocycles. The van der Waals surface area contributed by atoms with Gasteiger partial charge in [0.25, 0.3) is 0 Å². The van der Waals surface area contributed by atoms with Crippen molar-refractivity contribution in [1.82, 2.24) is 10.3 Å². The summed E-state index contributed by atoms with van der Waals surface area (Å²) in [6.07, 6.45) is -4.46. The lowest BCUT2D eigenvalue weighted by molar-refractivity contribution is -0.137. The smallest absolute Gasteiger partial charge is 0.370 e. The van der Waals surface area contributed by atoms with Gasteiger partial charge >= 0.3 is 6.18 Å². The molecule has 0 saturated heterocycles. The lowest BCUT2D eigenvalue weighted by Gasteiger charge is -2.20. The number of hydrogen-bond donors (Lipinski definition) is 2. The lowest BCUT2D eigenvalue weighted by atomic mass is 10.2. The van der Waals surface area contributed by atoms with Crippen LogP contribution in [-0.2, 0) is 11.0 Å². The van der Waals surface area contributed by atoms with Crippen LogP contribution in [0, 0.1) is 0 Å². The van der Waals surface area contributed by atoms with Gasteiger partial charge in [-0.05, 0) is 19.1 Å². The molecule has 5 nitrogen and oxygen atoms in total. The Bertz CT molecular complexity index is 476. The van der Waals surface area contributed by atoms with Crippen molar-refractivity contribution in [1.29, 1.82) is 0 Å². The van der Waals surface area contributed by atoms with Crippen molar-refractivity contribution in [2.45, 2.75) is 13.1 Å². The minimum Gasteiger partial charge on any atom is -0.370 e. The minimum absolute atomic E-state index is 0.0730. The molecule has 0 spiro atoms. The van der Waals surface area contributed by atoms with E-state index in [9.17, 15) is 18.0 Å². The average Bonchev–Trinajstić information content (AvgIpc) is 2.37. The molecule has 1 heterocycles. The summed E-state index contributed by atoms with van der Waals surface area (Å²) in [4.78, 5) is 16.7. The van der Waals surface area contributed by atoms with Crippen LogP contribution in [0.1, 0.15) is 12.5 Å². The third-order valence-electron chi connectivity index (χ3n) is 2.55. The van der Waals surface area contributed by atoms with E-state index in [0.717, 1.165) is 12.1 Å². The lowest BCUT2D eigenvalue weighted by Crippen LogP contribution is -2.33. The van der Waals surface area contributed by atoms with E-state index >= 15 is 0 Å². The Balaban J connectivity index is 3.11. The van der Waals surface area contributed by atoms with E-state index in [4.69, 9.17) is 0 Å². The Morgan fingerprint density at radius 1 is 1.40 bits per heavy atom. The largest absolute Gasteiger partial charge is 0.416 e. The quantitative estimate of drug-likeness (QED) is 0.867. The van der Waals surface area contributed by atoms with Crippen molar-refractivity contribution in [2.24, 2.45) is 0 Å². The van der Waals surface area contributed by atoms with Gasteiger partial charge < -0.3 is 15.5 Å². The number of likely N-dealkylation sites (N-methyl/N-ethyl adjacent to an activating group) is 2. The van der Waals surface area contributed by atoms with Gasteiger partial charge in [-0.25, -0.2) is 4.98 Å². The summed E-state index contributed by atoms with van der Waals surface area (Å²) >= 11 is 0. The van der Waals surface area contributed by atoms with Gasteiger partial charge in [0.1, 0.15) is 11.6 Å². The number of nitrogens with zero attached hydrogens (tertiary/aromatic N) is 2. The Morgan fingerprint density at radius 3 is 2.55 bits per heavy atom. The van der Waals surface area contributed by atoms with Crippen LogP contribution in [0.15, 0.2) is 12.1 Å². The highest BCUT2D eigenvalue weighted by Gasteiger charge is 2.32. The first-order valence-corrected chi connectivity index (χ1v) is 6.02. The molecule has 0 saturated carbocycles. The van der Waals surface area contributed by atoms with E-state index in [1.807, 2.05) is 0 Å². The van der Waals surface area contributed by atoms with Gasteiger partial charge in [0.2, 0.25) is 5.91 Å². The molecule has 2 N–H and O–H groups in total. The van der Waals surface area contributed by atoms with Gasteiger partial charge in [-0.3, -0.25) is 4.79 Å². The zero-order valence-corrected chi connectivity index (χ0v) is 11.5. The first kappa shape index (κ1) is 16.1. The van der Waals surface area contributed by atoms with Crippen molar-refractivity contribution < 1.29 is 18.0 Å². The Labute approximate surface area is 115 Å². The van der Waals surface area contributed by atoms with Gasteiger partial charge in [-0.1, -0.05) is 0 Å². The molecule has 0 radical (unpaired) electrons. The molecule has 112 valence electrons. The molecule has 1 aromatic heterocycles. The monoisotopic (exact) mass is 290 g/mol. The summed E-state index contributed by atoms with van der Waals surface area (Å²) in [5.41, 5.74) is -0.804. The highest BCUT2D eigenvalue weighted by Crippen LogP contribution is 2.32. The molecule has 1 aromatic rings. The molecule has 0 aliphatic carbocycles. The number of aromatic nitrogens is 1. The minimum atomic E-state index is -4.46. The highest BCUT2D eigenvalue weighted by atomic mass is 19.4. The van der Waals surface area contributed by atoms with E-state index in [1.54, 1.807) is 6.92 Å². The van der Waals surface area contributed by atoms with Crippen LogP contribution in [-0.4, -0.2) is 38.1 Å². The summed E-state index contributed by atoms with van der Waals surface area (Å²) in [5, 5.41) is 5.15. The normalized spacial score (nSPS) is 11.1. The standard InChI is InChI=1S/C12H17F3N4O/c1-4-17-9-5-8(12(13,14)15)6-10(18-9)19(3)7-11(20)16-2/h5-6H,4,7H2,1-3H3,(H,16,20)(H,17,18). The van der Waals surface area contributed by atoms with Crippen molar-refractivity contribution in [3.63, 3.8) is 0 Å². The number of nitrogens with one attached hydrogen (secondary N) is 2. The van der Waals surface area contributed by atoms with Gasteiger partial charge in [0, 0.05) is 20.6 Å². The van der Waals surface area contributed by atoms with Crippen molar-refractivity contribution in [3.05, 3.63) is 17.7 Å². The molecule has 1 amide bonds. The topological polar surface area (TPSA) is 57.3 Å². The molecule has 0 bridgehead atoms. The summed E-state index contributed by atoms with van der Waals surface area (Å²) < 4.78 is 38.5. The number of carbonyl (C=O) groups excluding carboxylic acids is 1. The molecule has 0 fully saturated rings. The van der Waals surface area contributed by atoms with Gasteiger partial charge in [-0.2, -0.15) is 13.2 Å². The molecule has 1 rings (SSSR count). The van der Waals surface area contributed by atoms with Crippen LogP contribution in [0.4, 0.5) is 24.8 Å². The Morgan fingerprint density at radius 2 is 2.05 bits per heavy atom.